The smallest absolute Gasteiger partial charge is 0.420 e. The third kappa shape index (κ3) is 6.19. The summed E-state index contributed by atoms with van der Waals surface area (Å²) >= 11 is 0. The summed E-state index contributed by atoms with van der Waals surface area (Å²) < 4.78 is 188. The van der Waals surface area contributed by atoms with Crippen LogP contribution >= 0.6 is 0 Å². The minimum atomic E-state index is -5.25. The van der Waals surface area contributed by atoms with E-state index < -0.39 is 109 Å². The molecule has 242 valence electrons. The highest BCUT2D eigenvalue weighted by atomic mass is 32.2. The standard InChI is InChI=1S/C26H25F7N2O7S2/c1-14-4-6-15(7-5-14)44(38,39)35-13-22(16-8-9-25(41-3,23(27)28)12-19(16)35)43(36,37)34-18-11-20(42-24(29)30)17(26(31,32)33)10-21(18)40-2/h4-7,10-11,13,23-24,34H,8-9,12H2,1-3H3/t25-/m0/s1/i3D3. The van der Waals surface area contributed by atoms with Crippen LogP contribution in [0.4, 0.5) is 36.4 Å². The molecule has 1 aromatic heterocycles. The first-order valence-electron chi connectivity index (χ1n) is 13.8. The number of anilines is 1. The number of aryl methyl sites for hydroxylation is 1. The van der Waals surface area contributed by atoms with Gasteiger partial charge in [-0.05, 0) is 43.5 Å². The predicted octanol–water partition coefficient (Wildman–Crippen LogP) is 5.60. The summed E-state index contributed by atoms with van der Waals surface area (Å²) in [5.74, 6) is -2.28. The number of methoxy groups -OCH3 is 2. The number of rotatable bonds is 10. The van der Waals surface area contributed by atoms with E-state index in [4.69, 9.17) is 13.6 Å². The zero-order chi connectivity index (χ0) is 35.3. The molecule has 0 bridgehead atoms. The minimum Gasteiger partial charge on any atom is -0.495 e. The molecule has 0 unspecified atom stereocenters. The molecule has 0 saturated carbocycles. The van der Waals surface area contributed by atoms with Crippen LogP contribution in [0.3, 0.4) is 0 Å². The maximum Gasteiger partial charge on any atom is 0.420 e. The molecule has 0 fully saturated rings. The van der Waals surface area contributed by atoms with Gasteiger partial charge in [0, 0.05) is 31.4 Å². The summed E-state index contributed by atoms with van der Waals surface area (Å²) in [5, 5.41) is 0. The number of nitrogens with zero attached hydrogens (tertiary/aromatic N) is 1. The molecule has 9 nitrogen and oxygen atoms in total. The number of fused-ring (bicyclic) bond motifs is 1. The van der Waals surface area contributed by atoms with Gasteiger partial charge in [-0.2, -0.15) is 22.0 Å². The fourth-order valence-electron chi connectivity index (χ4n) is 4.71. The van der Waals surface area contributed by atoms with E-state index in [9.17, 15) is 47.6 Å². The Morgan fingerprint density at radius 2 is 1.70 bits per heavy atom. The quantitative estimate of drug-likeness (QED) is 0.278. The lowest BCUT2D eigenvalue weighted by molar-refractivity contribution is -0.142. The molecule has 1 heterocycles. The molecule has 44 heavy (non-hydrogen) atoms. The lowest BCUT2D eigenvalue weighted by atomic mass is 9.84. The first-order chi connectivity index (χ1) is 21.5. The Hall–Kier alpha value is -3.51. The molecule has 0 spiro atoms. The lowest BCUT2D eigenvalue weighted by Gasteiger charge is -2.35. The molecule has 4 rings (SSSR count). The summed E-state index contributed by atoms with van der Waals surface area (Å²) in [6, 6.07) is 5.59. The molecule has 18 heteroatoms. The number of hydrogen-bond acceptors (Lipinski definition) is 7. The van der Waals surface area contributed by atoms with Crippen molar-refractivity contribution in [1.29, 1.82) is 0 Å². The molecule has 0 saturated heterocycles. The molecule has 3 aromatic rings. The van der Waals surface area contributed by atoms with Crippen molar-refractivity contribution in [2.75, 3.05) is 18.9 Å². The summed E-state index contributed by atoms with van der Waals surface area (Å²) in [6.45, 7) is -2.12. The van der Waals surface area contributed by atoms with Crippen LogP contribution in [0.1, 0.15) is 32.9 Å². The fourth-order valence-corrected chi connectivity index (χ4v) is 7.54. The van der Waals surface area contributed by atoms with E-state index in [1.807, 2.05) is 4.72 Å². The fraction of sp³-hybridized carbons (Fsp3) is 0.385. The average Bonchev–Trinajstić information content (AvgIpc) is 3.31. The van der Waals surface area contributed by atoms with Gasteiger partial charge in [0.1, 0.15) is 27.6 Å². The molecule has 1 atom stereocenters. The molecule has 0 aliphatic heterocycles. The summed E-state index contributed by atoms with van der Waals surface area (Å²) in [7, 11) is -12.4. The Balaban J connectivity index is 1.93. The van der Waals surface area contributed by atoms with Crippen molar-refractivity contribution >= 4 is 25.7 Å². The predicted molar refractivity (Wildman–Crippen MR) is 141 cm³/mol. The minimum absolute atomic E-state index is 0.196. The van der Waals surface area contributed by atoms with Gasteiger partial charge in [0.25, 0.3) is 26.5 Å². The third-order valence-electron chi connectivity index (χ3n) is 6.95. The number of sulfonamides is 1. The van der Waals surface area contributed by atoms with Gasteiger partial charge in [-0.25, -0.2) is 29.6 Å². The second kappa shape index (κ2) is 11.8. The van der Waals surface area contributed by atoms with Gasteiger partial charge in [-0.1, -0.05) is 17.7 Å². The lowest BCUT2D eigenvalue weighted by Crippen LogP contribution is -2.45. The van der Waals surface area contributed by atoms with E-state index in [1.165, 1.54) is 12.1 Å². The van der Waals surface area contributed by atoms with E-state index in [0.717, 1.165) is 19.2 Å². The highest BCUT2D eigenvalue weighted by Gasteiger charge is 2.47. The van der Waals surface area contributed by atoms with Crippen molar-refractivity contribution in [3.05, 3.63) is 65.0 Å². The number of alkyl halides is 7. The number of aromatic nitrogens is 1. The van der Waals surface area contributed by atoms with E-state index in [1.54, 1.807) is 6.92 Å². The second-order valence-corrected chi connectivity index (χ2v) is 13.2. The largest absolute Gasteiger partial charge is 0.495 e. The van der Waals surface area contributed by atoms with Gasteiger partial charge in [0.15, 0.2) is 0 Å². The number of nitrogens with one attached hydrogen (secondary N) is 1. The van der Waals surface area contributed by atoms with Gasteiger partial charge < -0.3 is 14.2 Å². The Kier molecular flexibility index (Phi) is 7.82. The van der Waals surface area contributed by atoms with Gasteiger partial charge >= 0.3 is 12.8 Å². The Bertz CT molecular complexity index is 1870. The first kappa shape index (κ1) is 29.2. The van der Waals surface area contributed by atoms with Crippen LogP contribution in [0.2, 0.25) is 0 Å². The monoisotopic (exact) mass is 677 g/mol. The highest BCUT2D eigenvalue weighted by Crippen LogP contribution is 2.44. The molecule has 1 N–H and O–H groups in total. The number of hydrogen-bond donors (Lipinski definition) is 1. The molecule has 1 aliphatic rings. The van der Waals surface area contributed by atoms with Gasteiger partial charge in [-0.3, -0.25) is 4.72 Å². The molecular formula is C26H25F7N2O7S2. The average molecular weight is 678 g/mol. The maximum absolute atomic E-state index is 14.4. The van der Waals surface area contributed by atoms with Gasteiger partial charge in [0.2, 0.25) is 0 Å². The van der Waals surface area contributed by atoms with E-state index in [2.05, 4.69) is 4.74 Å². The second-order valence-electron chi connectivity index (χ2n) is 9.71. The van der Waals surface area contributed by atoms with E-state index in [0.29, 0.717) is 15.7 Å². The van der Waals surface area contributed by atoms with E-state index >= 15 is 0 Å². The van der Waals surface area contributed by atoms with Gasteiger partial charge in [-0.15, -0.1) is 0 Å². The van der Waals surface area contributed by atoms with Crippen molar-refractivity contribution in [3.63, 3.8) is 0 Å². The normalized spacial score (nSPS) is 18.8. The number of benzene rings is 2. The van der Waals surface area contributed by atoms with Crippen LogP contribution in [0.5, 0.6) is 11.5 Å². The van der Waals surface area contributed by atoms with Crippen molar-refractivity contribution in [2.24, 2.45) is 0 Å². The zero-order valence-electron chi connectivity index (χ0n) is 25.6. The Morgan fingerprint density at radius 1 is 1.05 bits per heavy atom. The Labute approximate surface area is 251 Å². The van der Waals surface area contributed by atoms with Crippen LogP contribution in [0.25, 0.3) is 0 Å². The van der Waals surface area contributed by atoms with Crippen molar-refractivity contribution in [3.8, 4) is 11.5 Å². The van der Waals surface area contributed by atoms with Crippen LogP contribution in [0, 0.1) is 6.92 Å². The zero-order valence-corrected chi connectivity index (χ0v) is 24.2. The molecule has 0 radical (unpaired) electrons. The Morgan fingerprint density at radius 3 is 2.25 bits per heavy atom. The third-order valence-corrected chi connectivity index (χ3v) is 10.1. The van der Waals surface area contributed by atoms with Crippen molar-refractivity contribution < 1.29 is 65.9 Å². The number of ether oxygens (including phenoxy) is 3. The molecule has 2 aromatic carbocycles. The van der Waals surface area contributed by atoms with Gasteiger partial charge in [0.05, 0.1) is 21.8 Å². The first-order valence-corrected chi connectivity index (χ1v) is 15.2. The van der Waals surface area contributed by atoms with Crippen molar-refractivity contribution in [2.45, 2.75) is 60.8 Å². The maximum atomic E-state index is 14.4. The molecule has 1 aliphatic carbocycles. The molecule has 0 amide bonds. The summed E-state index contributed by atoms with van der Waals surface area (Å²) in [5.41, 5.74) is -5.62. The van der Waals surface area contributed by atoms with Crippen LogP contribution in [-0.4, -0.2) is 53.6 Å². The summed E-state index contributed by atoms with van der Waals surface area (Å²) in [4.78, 5) is -1.25. The van der Waals surface area contributed by atoms with Crippen LogP contribution in [0.15, 0.2) is 52.4 Å². The number of halogens is 7. The highest BCUT2D eigenvalue weighted by molar-refractivity contribution is 7.93. The SMILES string of the molecule is [2H]C([2H])([2H])O[C@@]1(C(F)F)CCc2c(S(=O)(=O)Nc3cc(OC(F)F)c(C(F)(F)F)cc3OC)cn(S(=O)(=O)c3ccc(C)cc3)c2C1. The molecular weight excluding hydrogens is 649 g/mol. The van der Waals surface area contributed by atoms with E-state index in [-0.39, 0.29) is 17.7 Å². The van der Waals surface area contributed by atoms with Crippen LogP contribution in [-0.2, 0) is 43.8 Å². The topological polar surface area (TPSA) is 113 Å². The summed E-state index contributed by atoms with van der Waals surface area (Å²) in [6.07, 6.45) is -10.7. The van der Waals surface area contributed by atoms with Crippen molar-refractivity contribution in [1.82, 2.24) is 3.97 Å². The van der Waals surface area contributed by atoms with Crippen LogP contribution < -0.4 is 14.2 Å².